The molecule has 320 valence electrons. The van der Waals surface area contributed by atoms with E-state index in [1.165, 1.54) is 33.2 Å². The molecule has 10 aromatic rings. The van der Waals surface area contributed by atoms with Crippen molar-refractivity contribution in [3.05, 3.63) is 235 Å². The van der Waals surface area contributed by atoms with Crippen LogP contribution in [0.4, 0.5) is 0 Å². The van der Waals surface area contributed by atoms with Gasteiger partial charge < -0.3 is 4.74 Å². The molecule has 5 heteroatoms. The van der Waals surface area contributed by atoms with Crippen LogP contribution in [0.15, 0.2) is 200 Å². The quantitative estimate of drug-likeness (QED) is 0.102. The number of aromatic nitrogens is 4. The van der Waals surface area contributed by atoms with Crippen molar-refractivity contribution >= 4 is 21.8 Å². The van der Waals surface area contributed by atoms with E-state index in [1.807, 2.05) is 12.3 Å². The first kappa shape index (κ1) is 41.5. The lowest BCUT2D eigenvalue weighted by Gasteiger charge is -2.29. The molecule has 0 fully saturated rings. The summed E-state index contributed by atoms with van der Waals surface area (Å²) in [4.78, 5) is 4.89. The summed E-state index contributed by atoms with van der Waals surface area (Å²) < 4.78 is 13.4. The van der Waals surface area contributed by atoms with E-state index in [4.69, 9.17) is 9.72 Å². The number of para-hydroxylation sites is 1. The SMILES string of the molecule is CC(C)(C)c1ccnc(-n2c3ccccc3c3ccc(Oc4cccc(-n5[c-][n+](-c6cc(-c7ccccc7)cc(C(C)(C)c7ccccc7)c6)c(C(C)(C)c6ccccc6)c5)c4)cc32)c1. The third-order valence-corrected chi connectivity index (χ3v) is 13.2. The van der Waals surface area contributed by atoms with E-state index in [1.54, 1.807) is 0 Å². The summed E-state index contributed by atoms with van der Waals surface area (Å²) in [5, 5.41) is 2.33. The summed E-state index contributed by atoms with van der Waals surface area (Å²) in [6.07, 6.45) is 7.97. The van der Waals surface area contributed by atoms with Gasteiger partial charge in [0.15, 0.2) is 0 Å². The Kier molecular flexibility index (Phi) is 10.4. The molecule has 0 saturated heterocycles. The molecule has 0 spiro atoms. The minimum atomic E-state index is -0.385. The van der Waals surface area contributed by atoms with Crippen LogP contribution in [0.2, 0.25) is 0 Å². The van der Waals surface area contributed by atoms with E-state index < -0.39 is 0 Å². The fourth-order valence-corrected chi connectivity index (χ4v) is 9.16. The van der Waals surface area contributed by atoms with Crippen LogP contribution in [-0.2, 0) is 16.2 Å². The Morgan fingerprint density at radius 2 is 1.14 bits per heavy atom. The molecule has 7 aromatic carbocycles. The van der Waals surface area contributed by atoms with Crippen molar-refractivity contribution in [2.24, 2.45) is 0 Å². The van der Waals surface area contributed by atoms with Crippen molar-refractivity contribution in [3.63, 3.8) is 0 Å². The van der Waals surface area contributed by atoms with Gasteiger partial charge in [-0.2, -0.15) is 0 Å². The Morgan fingerprint density at radius 3 is 1.86 bits per heavy atom. The minimum absolute atomic E-state index is 0.0152. The molecule has 0 bridgehead atoms. The molecular formula is C60H54N4O. The average Bonchev–Trinajstić information content (AvgIpc) is 3.93. The number of nitrogens with zero attached hydrogens (tertiary/aromatic N) is 4. The Balaban J connectivity index is 1.09. The topological polar surface area (TPSA) is 35.9 Å². The fraction of sp³-hybridized carbons (Fsp3) is 0.167. The number of pyridine rings is 1. The van der Waals surface area contributed by atoms with Crippen molar-refractivity contribution in [3.8, 4) is 39.8 Å². The highest BCUT2D eigenvalue weighted by Gasteiger charge is 2.30. The second-order valence-electron chi connectivity index (χ2n) is 19.2. The number of hydrogen-bond acceptors (Lipinski definition) is 2. The van der Waals surface area contributed by atoms with Crippen LogP contribution in [0, 0.1) is 6.33 Å². The van der Waals surface area contributed by atoms with Crippen LogP contribution >= 0.6 is 0 Å². The zero-order valence-corrected chi connectivity index (χ0v) is 38.2. The number of rotatable bonds is 10. The van der Waals surface area contributed by atoms with Crippen LogP contribution in [0.1, 0.15) is 76.4 Å². The lowest BCUT2D eigenvalue weighted by Crippen LogP contribution is -2.41. The van der Waals surface area contributed by atoms with Crippen LogP contribution in [0.3, 0.4) is 0 Å². The Labute approximate surface area is 382 Å². The molecule has 3 aromatic heterocycles. The Hall–Kier alpha value is -7.50. The van der Waals surface area contributed by atoms with Crippen molar-refractivity contribution in [1.29, 1.82) is 0 Å². The van der Waals surface area contributed by atoms with E-state index in [0.29, 0.717) is 0 Å². The molecule has 0 atom stereocenters. The smallest absolute Gasteiger partial charge is 0.269 e. The average molecular weight is 847 g/mol. The molecule has 0 N–H and O–H groups in total. The predicted molar refractivity (Wildman–Crippen MR) is 266 cm³/mol. The molecule has 10 rings (SSSR count). The normalized spacial score (nSPS) is 12.2. The van der Waals surface area contributed by atoms with Crippen molar-refractivity contribution in [2.75, 3.05) is 0 Å². The standard InChI is InChI=1S/C60H54N4O/c1-58(2,3)46-32-33-61-57(37-46)64-54-29-18-17-28-52(54)53-31-30-51(39-55(53)64)65-50-27-19-26-48(38-50)62-40-56(60(6,7)45-24-15-10-16-25-45)63(41-62)49-35-43(42-20-11-8-12-21-42)34-47(36-49)59(4,5)44-22-13-9-14-23-44/h8-40H,1-7H3. The van der Waals surface area contributed by atoms with E-state index >= 15 is 0 Å². The number of benzene rings is 7. The summed E-state index contributed by atoms with van der Waals surface area (Å²) in [5.74, 6) is 2.36. The van der Waals surface area contributed by atoms with Crippen LogP contribution in [0.5, 0.6) is 11.5 Å². The molecule has 0 amide bonds. The number of fused-ring (bicyclic) bond motifs is 3. The highest BCUT2D eigenvalue weighted by Crippen LogP contribution is 2.39. The lowest BCUT2D eigenvalue weighted by atomic mass is 9.77. The van der Waals surface area contributed by atoms with Gasteiger partial charge in [0.05, 0.1) is 28.1 Å². The second-order valence-corrected chi connectivity index (χ2v) is 19.2. The highest BCUT2D eigenvalue weighted by atomic mass is 16.5. The van der Waals surface area contributed by atoms with Crippen molar-refractivity contribution in [1.82, 2.24) is 14.1 Å². The highest BCUT2D eigenvalue weighted by molar-refractivity contribution is 6.09. The Morgan fingerprint density at radius 1 is 0.492 bits per heavy atom. The Bertz CT molecular complexity index is 3320. The monoisotopic (exact) mass is 846 g/mol. The molecule has 5 nitrogen and oxygen atoms in total. The van der Waals surface area contributed by atoms with Crippen LogP contribution in [0.25, 0.3) is 50.1 Å². The van der Waals surface area contributed by atoms with E-state index in [0.717, 1.165) is 56.4 Å². The van der Waals surface area contributed by atoms with E-state index in [9.17, 15) is 0 Å². The zero-order valence-electron chi connectivity index (χ0n) is 38.2. The third kappa shape index (κ3) is 7.82. The van der Waals surface area contributed by atoms with Crippen LogP contribution < -0.4 is 9.30 Å². The first-order valence-corrected chi connectivity index (χ1v) is 22.5. The van der Waals surface area contributed by atoms with E-state index in [-0.39, 0.29) is 16.2 Å². The van der Waals surface area contributed by atoms with Gasteiger partial charge in [0.1, 0.15) is 17.3 Å². The minimum Gasteiger partial charge on any atom is -0.458 e. The van der Waals surface area contributed by atoms with Gasteiger partial charge in [0, 0.05) is 40.1 Å². The molecule has 0 saturated carbocycles. The van der Waals surface area contributed by atoms with Gasteiger partial charge >= 0.3 is 0 Å². The molecule has 0 aliphatic carbocycles. The second kappa shape index (κ2) is 16.2. The van der Waals surface area contributed by atoms with Crippen LogP contribution in [-0.4, -0.2) is 14.1 Å². The molecular weight excluding hydrogens is 793 g/mol. The summed E-state index contributed by atoms with van der Waals surface area (Å²) in [6.45, 7) is 15.9. The van der Waals surface area contributed by atoms with Gasteiger partial charge in [0.25, 0.3) is 6.33 Å². The zero-order chi connectivity index (χ0) is 44.9. The maximum Gasteiger partial charge on any atom is 0.269 e. The van der Waals surface area contributed by atoms with Gasteiger partial charge in [-0.15, -0.1) is 0 Å². The largest absolute Gasteiger partial charge is 0.458 e. The molecule has 0 unspecified atom stereocenters. The van der Waals surface area contributed by atoms with E-state index in [2.05, 4.69) is 257 Å². The van der Waals surface area contributed by atoms with Gasteiger partial charge in [-0.3, -0.25) is 13.7 Å². The van der Waals surface area contributed by atoms with Gasteiger partial charge in [0.2, 0.25) is 0 Å². The van der Waals surface area contributed by atoms with Crippen molar-refractivity contribution in [2.45, 2.75) is 64.7 Å². The predicted octanol–water partition coefficient (Wildman–Crippen LogP) is 14.5. The third-order valence-electron chi connectivity index (χ3n) is 13.2. The molecule has 65 heavy (non-hydrogen) atoms. The van der Waals surface area contributed by atoms with Gasteiger partial charge in [-0.25, -0.2) is 4.98 Å². The molecule has 0 radical (unpaired) electrons. The lowest BCUT2D eigenvalue weighted by molar-refractivity contribution is -0.611. The van der Waals surface area contributed by atoms with Gasteiger partial charge in [-0.1, -0.05) is 170 Å². The maximum absolute atomic E-state index is 6.76. The first-order chi connectivity index (χ1) is 31.3. The summed E-state index contributed by atoms with van der Waals surface area (Å²) in [5.41, 5.74) is 11.8. The number of ether oxygens (including phenoxy) is 1. The van der Waals surface area contributed by atoms with Gasteiger partial charge in [-0.05, 0) is 99.5 Å². The number of hydrogen-bond donors (Lipinski definition) is 0. The summed E-state index contributed by atoms with van der Waals surface area (Å²) in [6, 6.07) is 66.7. The summed E-state index contributed by atoms with van der Waals surface area (Å²) in [7, 11) is 0. The maximum atomic E-state index is 6.76. The van der Waals surface area contributed by atoms with Crippen molar-refractivity contribution < 1.29 is 9.30 Å². The first-order valence-electron chi connectivity index (χ1n) is 22.5. The summed E-state index contributed by atoms with van der Waals surface area (Å²) >= 11 is 0. The fourth-order valence-electron chi connectivity index (χ4n) is 9.16. The molecule has 0 aliphatic rings. The molecule has 0 aliphatic heterocycles. The molecule has 3 heterocycles. The number of imidazole rings is 1.